The van der Waals surface area contributed by atoms with Gasteiger partial charge >= 0.3 is 0 Å². The lowest BCUT2D eigenvalue weighted by Gasteiger charge is -1.95. The molecule has 0 aliphatic heterocycles. The monoisotopic (exact) mass is 276 g/mol. The normalized spacial score (nSPS) is 10.4. The fourth-order valence-corrected chi connectivity index (χ4v) is 2.69. The second kappa shape index (κ2) is 4.71. The first-order chi connectivity index (χ1) is 8.83. The van der Waals surface area contributed by atoms with Gasteiger partial charge in [0.1, 0.15) is 0 Å². The predicted octanol–water partition coefficient (Wildman–Crippen LogP) is 2.85. The van der Waals surface area contributed by atoms with Crippen LogP contribution < -0.4 is 5.32 Å². The number of rotatable bonds is 3. The fourth-order valence-electron chi connectivity index (χ4n) is 1.41. The average Bonchev–Trinajstić information content (AvgIpc) is 3.12. The Balaban J connectivity index is 1.76. The molecule has 5 nitrogen and oxygen atoms in total. The Morgan fingerprint density at radius 1 is 1.22 bits per heavy atom. The number of amides is 1. The van der Waals surface area contributed by atoms with Gasteiger partial charge < -0.3 is 0 Å². The Labute approximate surface area is 111 Å². The van der Waals surface area contributed by atoms with Gasteiger partial charge in [0.05, 0.1) is 9.75 Å². The summed E-state index contributed by atoms with van der Waals surface area (Å²) >= 11 is 2.94. The van der Waals surface area contributed by atoms with Crippen LogP contribution in [0.25, 0.3) is 10.7 Å². The van der Waals surface area contributed by atoms with Gasteiger partial charge in [0.25, 0.3) is 5.91 Å². The maximum absolute atomic E-state index is 11.8. The SMILES string of the molecule is O=C(Nc1n[nH]c(-c2cccs2)n1)c1cccs1. The predicted molar refractivity (Wildman–Crippen MR) is 72.0 cm³/mol. The average molecular weight is 276 g/mol. The molecule has 0 unspecified atom stereocenters. The molecule has 90 valence electrons. The molecule has 3 aromatic heterocycles. The van der Waals surface area contributed by atoms with Crippen LogP contribution >= 0.6 is 22.7 Å². The van der Waals surface area contributed by atoms with E-state index in [0.29, 0.717) is 10.7 Å². The van der Waals surface area contributed by atoms with E-state index < -0.39 is 0 Å². The Morgan fingerprint density at radius 3 is 2.78 bits per heavy atom. The van der Waals surface area contributed by atoms with Crippen LogP contribution in [0.2, 0.25) is 0 Å². The van der Waals surface area contributed by atoms with E-state index in [4.69, 9.17) is 0 Å². The topological polar surface area (TPSA) is 70.7 Å². The lowest BCUT2D eigenvalue weighted by molar-refractivity contribution is 0.102. The second-order valence-electron chi connectivity index (χ2n) is 3.42. The molecule has 0 fully saturated rings. The van der Waals surface area contributed by atoms with E-state index in [1.807, 2.05) is 29.0 Å². The zero-order valence-corrected chi connectivity index (χ0v) is 10.7. The summed E-state index contributed by atoms with van der Waals surface area (Å²) in [4.78, 5) is 17.6. The first-order valence-corrected chi connectivity index (χ1v) is 6.90. The minimum Gasteiger partial charge on any atom is -0.288 e. The third kappa shape index (κ3) is 2.18. The van der Waals surface area contributed by atoms with Gasteiger partial charge in [-0.25, -0.2) is 0 Å². The van der Waals surface area contributed by atoms with Crippen molar-refractivity contribution in [2.45, 2.75) is 0 Å². The third-order valence-corrected chi connectivity index (χ3v) is 3.96. The number of hydrogen-bond acceptors (Lipinski definition) is 5. The van der Waals surface area contributed by atoms with Gasteiger partial charge in [0.2, 0.25) is 5.95 Å². The quantitative estimate of drug-likeness (QED) is 0.772. The summed E-state index contributed by atoms with van der Waals surface area (Å²) in [5.41, 5.74) is 0. The zero-order valence-electron chi connectivity index (χ0n) is 9.08. The van der Waals surface area contributed by atoms with Crippen molar-refractivity contribution in [2.24, 2.45) is 0 Å². The Hall–Kier alpha value is -1.99. The smallest absolute Gasteiger partial charge is 0.268 e. The van der Waals surface area contributed by atoms with Crippen molar-refractivity contribution >= 4 is 34.5 Å². The third-order valence-electron chi connectivity index (χ3n) is 2.21. The Bertz CT molecular complexity index is 642. The molecule has 0 saturated carbocycles. The van der Waals surface area contributed by atoms with Gasteiger partial charge in [-0.2, -0.15) is 4.98 Å². The second-order valence-corrected chi connectivity index (χ2v) is 5.31. The van der Waals surface area contributed by atoms with Gasteiger partial charge in [-0.15, -0.1) is 27.8 Å². The molecule has 0 atom stereocenters. The minimum absolute atomic E-state index is 0.193. The number of carbonyl (C=O) groups excluding carboxylic acids is 1. The van der Waals surface area contributed by atoms with E-state index in [9.17, 15) is 4.79 Å². The lowest BCUT2D eigenvalue weighted by Crippen LogP contribution is -2.11. The number of nitrogens with zero attached hydrogens (tertiary/aromatic N) is 2. The van der Waals surface area contributed by atoms with E-state index in [-0.39, 0.29) is 11.9 Å². The number of aromatic nitrogens is 3. The van der Waals surface area contributed by atoms with E-state index in [0.717, 1.165) is 4.88 Å². The van der Waals surface area contributed by atoms with Crippen LogP contribution in [-0.4, -0.2) is 21.1 Å². The van der Waals surface area contributed by atoms with Gasteiger partial charge in [-0.1, -0.05) is 12.1 Å². The summed E-state index contributed by atoms with van der Waals surface area (Å²) in [6, 6.07) is 7.46. The van der Waals surface area contributed by atoms with Crippen LogP contribution in [0.5, 0.6) is 0 Å². The van der Waals surface area contributed by atoms with Crippen LogP contribution in [0, 0.1) is 0 Å². The van der Waals surface area contributed by atoms with E-state index in [1.54, 1.807) is 17.4 Å². The molecule has 7 heteroatoms. The molecule has 0 spiro atoms. The molecule has 3 aromatic rings. The summed E-state index contributed by atoms with van der Waals surface area (Å²) in [5, 5.41) is 13.2. The Morgan fingerprint density at radius 2 is 2.06 bits per heavy atom. The van der Waals surface area contributed by atoms with Gasteiger partial charge in [-0.05, 0) is 22.9 Å². The molecule has 0 bridgehead atoms. The van der Waals surface area contributed by atoms with E-state index >= 15 is 0 Å². The summed E-state index contributed by atoms with van der Waals surface area (Å²) in [6.45, 7) is 0. The molecule has 0 saturated heterocycles. The van der Waals surface area contributed by atoms with E-state index in [1.165, 1.54) is 11.3 Å². The summed E-state index contributed by atoms with van der Waals surface area (Å²) in [5.74, 6) is 0.755. The number of hydrogen-bond donors (Lipinski definition) is 2. The highest BCUT2D eigenvalue weighted by Gasteiger charge is 2.11. The Kier molecular flexibility index (Phi) is 2.91. The van der Waals surface area contributed by atoms with Crippen molar-refractivity contribution in [3.63, 3.8) is 0 Å². The molecule has 0 radical (unpaired) electrons. The number of nitrogens with one attached hydrogen (secondary N) is 2. The van der Waals surface area contributed by atoms with Crippen LogP contribution in [0.4, 0.5) is 5.95 Å². The van der Waals surface area contributed by atoms with Crippen molar-refractivity contribution < 1.29 is 4.79 Å². The van der Waals surface area contributed by atoms with Crippen LogP contribution in [0.3, 0.4) is 0 Å². The lowest BCUT2D eigenvalue weighted by atomic mass is 10.4. The molecule has 3 rings (SSSR count). The number of H-pyrrole nitrogens is 1. The van der Waals surface area contributed by atoms with Crippen LogP contribution in [-0.2, 0) is 0 Å². The van der Waals surface area contributed by atoms with Crippen molar-refractivity contribution in [3.05, 3.63) is 39.9 Å². The van der Waals surface area contributed by atoms with Crippen molar-refractivity contribution in [1.82, 2.24) is 15.2 Å². The van der Waals surface area contributed by atoms with Gasteiger partial charge in [0, 0.05) is 0 Å². The number of thiophene rings is 2. The molecule has 3 heterocycles. The first-order valence-electron chi connectivity index (χ1n) is 5.14. The van der Waals surface area contributed by atoms with E-state index in [2.05, 4.69) is 20.5 Å². The van der Waals surface area contributed by atoms with Gasteiger partial charge in [0.15, 0.2) is 5.82 Å². The standard InChI is InChI=1S/C11H8N4OS2/c16-10(8-4-2-6-18-8)13-11-12-9(14-15-11)7-3-1-5-17-7/h1-6H,(H2,12,13,14,15,16). The molecule has 1 amide bonds. The maximum atomic E-state index is 11.8. The van der Waals surface area contributed by atoms with Crippen molar-refractivity contribution in [1.29, 1.82) is 0 Å². The highest BCUT2D eigenvalue weighted by atomic mass is 32.1. The van der Waals surface area contributed by atoms with Crippen LogP contribution in [0.15, 0.2) is 35.0 Å². The maximum Gasteiger partial charge on any atom is 0.268 e. The van der Waals surface area contributed by atoms with Crippen molar-refractivity contribution in [2.75, 3.05) is 5.32 Å². The fraction of sp³-hybridized carbons (Fsp3) is 0. The summed E-state index contributed by atoms with van der Waals surface area (Å²) in [6.07, 6.45) is 0. The molecule has 0 aliphatic rings. The number of anilines is 1. The molecule has 2 N–H and O–H groups in total. The first kappa shape index (κ1) is 11.1. The summed E-state index contributed by atoms with van der Waals surface area (Å²) < 4.78 is 0. The minimum atomic E-state index is -0.193. The van der Waals surface area contributed by atoms with Crippen molar-refractivity contribution in [3.8, 4) is 10.7 Å². The molecule has 18 heavy (non-hydrogen) atoms. The molecular weight excluding hydrogens is 268 g/mol. The molecule has 0 aliphatic carbocycles. The molecular formula is C11H8N4OS2. The largest absolute Gasteiger partial charge is 0.288 e. The van der Waals surface area contributed by atoms with Crippen LogP contribution in [0.1, 0.15) is 9.67 Å². The highest BCUT2D eigenvalue weighted by molar-refractivity contribution is 7.13. The zero-order chi connectivity index (χ0) is 12.4. The highest BCUT2D eigenvalue weighted by Crippen LogP contribution is 2.21. The molecule has 0 aromatic carbocycles. The van der Waals surface area contributed by atoms with Gasteiger partial charge in [-0.3, -0.25) is 15.2 Å². The number of carbonyl (C=O) groups is 1. The summed E-state index contributed by atoms with van der Waals surface area (Å²) in [7, 11) is 0. The number of aromatic amines is 1.